The van der Waals surface area contributed by atoms with Gasteiger partial charge in [0.25, 0.3) is 0 Å². The Morgan fingerprint density at radius 3 is 2.65 bits per heavy atom. The fraction of sp³-hybridized carbons (Fsp3) is 0.167. The largest absolute Gasteiger partial charge is 0.497 e. The second-order valence-electron chi connectivity index (χ2n) is 3.54. The third-order valence-electron chi connectivity index (χ3n) is 2.37. The molecule has 0 spiro atoms. The van der Waals surface area contributed by atoms with Crippen molar-refractivity contribution in [2.75, 3.05) is 7.11 Å². The zero-order valence-electron chi connectivity index (χ0n) is 9.26. The summed E-state index contributed by atoms with van der Waals surface area (Å²) in [6, 6.07) is 7.73. The topological polar surface area (TPSA) is 44.1 Å². The van der Waals surface area contributed by atoms with Crippen molar-refractivity contribution in [2.45, 2.75) is 6.54 Å². The molecule has 1 aromatic heterocycles. The minimum absolute atomic E-state index is 0.554. The van der Waals surface area contributed by atoms with E-state index in [0.29, 0.717) is 16.7 Å². The maximum Gasteiger partial charge on any atom is 0.154 e. The van der Waals surface area contributed by atoms with Crippen LogP contribution in [0.2, 0.25) is 0 Å². The Labute approximate surface area is 107 Å². The summed E-state index contributed by atoms with van der Waals surface area (Å²) in [4.78, 5) is 10.7. The molecule has 2 rings (SSSR count). The van der Waals surface area contributed by atoms with Crippen molar-refractivity contribution in [1.82, 2.24) is 9.78 Å². The normalized spacial score (nSPS) is 10.2. The number of benzene rings is 1. The van der Waals surface area contributed by atoms with E-state index in [0.717, 1.165) is 17.6 Å². The maximum absolute atomic E-state index is 10.7. The van der Waals surface area contributed by atoms with Crippen LogP contribution in [-0.4, -0.2) is 23.2 Å². The number of hydrogen-bond donors (Lipinski definition) is 0. The molecule has 0 amide bonds. The summed E-state index contributed by atoms with van der Waals surface area (Å²) in [5, 5.41) is 4.19. The zero-order valence-corrected chi connectivity index (χ0v) is 10.8. The molecule has 0 saturated heterocycles. The molecule has 0 radical (unpaired) electrons. The van der Waals surface area contributed by atoms with E-state index in [1.165, 1.54) is 0 Å². The van der Waals surface area contributed by atoms with Crippen molar-refractivity contribution in [3.63, 3.8) is 0 Å². The molecule has 2 aromatic rings. The molecule has 0 aliphatic rings. The molecule has 4 nitrogen and oxygen atoms in total. The lowest BCUT2D eigenvalue weighted by atomic mass is 10.2. The highest BCUT2D eigenvalue weighted by atomic mass is 79.9. The number of nitrogens with zero attached hydrogens (tertiary/aromatic N) is 2. The molecule has 0 saturated carbocycles. The second-order valence-corrected chi connectivity index (χ2v) is 4.29. The van der Waals surface area contributed by atoms with Gasteiger partial charge in [-0.25, -0.2) is 0 Å². The number of rotatable bonds is 4. The van der Waals surface area contributed by atoms with E-state index in [-0.39, 0.29) is 0 Å². The average molecular weight is 295 g/mol. The predicted molar refractivity (Wildman–Crippen MR) is 67.4 cm³/mol. The van der Waals surface area contributed by atoms with E-state index in [4.69, 9.17) is 4.74 Å². The molecule has 0 aliphatic carbocycles. The fourth-order valence-corrected chi connectivity index (χ4v) is 1.89. The van der Waals surface area contributed by atoms with Gasteiger partial charge in [-0.3, -0.25) is 9.48 Å². The lowest BCUT2D eigenvalue weighted by Crippen LogP contribution is -1.99. The maximum atomic E-state index is 10.7. The highest BCUT2D eigenvalue weighted by Gasteiger charge is 2.05. The first kappa shape index (κ1) is 11.9. The minimum atomic E-state index is 0.554. The monoisotopic (exact) mass is 294 g/mol. The summed E-state index contributed by atoms with van der Waals surface area (Å²) in [5.41, 5.74) is 1.65. The number of ether oxygens (including phenoxy) is 1. The quantitative estimate of drug-likeness (QED) is 0.814. The van der Waals surface area contributed by atoms with Crippen molar-refractivity contribution in [1.29, 1.82) is 0 Å². The van der Waals surface area contributed by atoms with Gasteiger partial charge >= 0.3 is 0 Å². The average Bonchev–Trinajstić information content (AvgIpc) is 2.70. The van der Waals surface area contributed by atoms with Crippen molar-refractivity contribution < 1.29 is 9.53 Å². The minimum Gasteiger partial charge on any atom is -0.497 e. The molecule has 1 aromatic carbocycles. The van der Waals surface area contributed by atoms with Crippen LogP contribution in [0.15, 0.2) is 35.1 Å². The van der Waals surface area contributed by atoms with Crippen LogP contribution in [0, 0.1) is 0 Å². The molecule has 0 bridgehead atoms. The predicted octanol–water partition coefficient (Wildman–Crippen LogP) is 2.52. The van der Waals surface area contributed by atoms with Crippen LogP contribution in [0.5, 0.6) is 5.75 Å². The van der Waals surface area contributed by atoms with Crippen LogP contribution in [0.3, 0.4) is 0 Å². The van der Waals surface area contributed by atoms with Crippen molar-refractivity contribution >= 4 is 22.2 Å². The summed E-state index contributed by atoms with van der Waals surface area (Å²) in [6.07, 6.45) is 2.49. The summed E-state index contributed by atoms with van der Waals surface area (Å²) in [5.74, 6) is 0.823. The molecular formula is C12H11BrN2O2. The van der Waals surface area contributed by atoms with Gasteiger partial charge in [0.1, 0.15) is 10.4 Å². The second kappa shape index (κ2) is 5.14. The van der Waals surface area contributed by atoms with Gasteiger partial charge in [0.2, 0.25) is 0 Å². The van der Waals surface area contributed by atoms with Crippen molar-refractivity contribution in [3.8, 4) is 5.75 Å². The molecule has 0 unspecified atom stereocenters. The number of hydrogen-bond acceptors (Lipinski definition) is 3. The highest BCUT2D eigenvalue weighted by Crippen LogP contribution is 2.15. The zero-order chi connectivity index (χ0) is 12.3. The summed E-state index contributed by atoms with van der Waals surface area (Å²) in [6.45, 7) is 0.621. The van der Waals surface area contributed by atoms with Gasteiger partial charge in [-0.1, -0.05) is 12.1 Å². The van der Waals surface area contributed by atoms with E-state index in [1.54, 1.807) is 18.0 Å². The van der Waals surface area contributed by atoms with Crippen LogP contribution in [0.25, 0.3) is 0 Å². The highest BCUT2D eigenvalue weighted by molar-refractivity contribution is 9.10. The number of methoxy groups -OCH3 is 1. The Kier molecular flexibility index (Phi) is 3.58. The number of halogens is 1. The lowest BCUT2D eigenvalue weighted by Gasteiger charge is -2.03. The summed E-state index contributed by atoms with van der Waals surface area (Å²) in [7, 11) is 1.63. The van der Waals surface area contributed by atoms with Crippen molar-refractivity contribution in [3.05, 3.63) is 46.2 Å². The molecule has 0 N–H and O–H groups in total. The Morgan fingerprint density at radius 2 is 2.12 bits per heavy atom. The number of carbonyl (C=O) groups is 1. The fourth-order valence-electron chi connectivity index (χ4n) is 1.49. The molecule has 5 heteroatoms. The van der Waals surface area contributed by atoms with E-state index < -0.39 is 0 Å². The summed E-state index contributed by atoms with van der Waals surface area (Å²) >= 11 is 3.23. The van der Waals surface area contributed by atoms with Crippen LogP contribution >= 0.6 is 15.9 Å². The van der Waals surface area contributed by atoms with Gasteiger partial charge in [-0.05, 0) is 33.6 Å². The van der Waals surface area contributed by atoms with Gasteiger partial charge in [0.05, 0.1) is 19.2 Å². The Morgan fingerprint density at radius 1 is 1.41 bits per heavy atom. The van der Waals surface area contributed by atoms with Gasteiger partial charge in [0, 0.05) is 6.20 Å². The third-order valence-corrected chi connectivity index (χ3v) is 2.99. The SMILES string of the molecule is COc1ccc(Cn2cc(C=O)c(Br)n2)cc1. The van der Waals surface area contributed by atoms with Gasteiger partial charge < -0.3 is 4.74 Å². The first-order valence-electron chi connectivity index (χ1n) is 5.04. The molecule has 0 atom stereocenters. The van der Waals surface area contributed by atoms with E-state index >= 15 is 0 Å². The van der Waals surface area contributed by atoms with E-state index in [9.17, 15) is 4.79 Å². The van der Waals surface area contributed by atoms with Crippen molar-refractivity contribution in [2.24, 2.45) is 0 Å². The van der Waals surface area contributed by atoms with Crippen LogP contribution in [0.1, 0.15) is 15.9 Å². The molecule has 0 fully saturated rings. The smallest absolute Gasteiger partial charge is 0.154 e. The van der Waals surface area contributed by atoms with Gasteiger partial charge in [0.15, 0.2) is 6.29 Å². The van der Waals surface area contributed by atoms with E-state index in [2.05, 4.69) is 21.0 Å². The third kappa shape index (κ3) is 2.74. The first-order valence-corrected chi connectivity index (χ1v) is 5.83. The molecule has 1 heterocycles. The first-order chi connectivity index (χ1) is 8.22. The van der Waals surface area contributed by atoms with E-state index in [1.807, 2.05) is 24.3 Å². The molecule has 17 heavy (non-hydrogen) atoms. The summed E-state index contributed by atoms with van der Waals surface area (Å²) < 4.78 is 7.37. The van der Waals surface area contributed by atoms with Gasteiger partial charge in [-0.15, -0.1) is 0 Å². The Bertz CT molecular complexity index is 520. The Balaban J connectivity index is 2.16. The van der Waals surface area contributed by atoms with Gasteiger partial charge in [-0.2, -0.15) is 5.10 Å². The molecule has 0 aliphatic heterocycles. The van der Waals surface area contributed by atoms with Crippen LogP contribution in [0.4, 0.5) is 0 Å². The van der Waals surface area contributed by atoms with Crippen LogP contribution < -0.4 is 4.74 Å². The lowest BCUT2D eigenvalue weighted by molar-refractivity contribution is 0.112. The molecular weight excluding hydrogens is 284 g/mol. The standard InChI is InChI=1S/C12H11BrN2O2/c1-17-11-4-2-9(3-5-11)6-15-7-10(8-16)12(13)14-15/h2-5,7-8H,6H2,1H3. The number of carbonyl (C=O) groups excluding carboxylic acids is 1. The Hall–Kier alpha value is -1.62. The number of aldehydes is 1. The molecule has 88 valence electrons. The van der Waals surface area contributed by atoms with Crippen LogP contribution in [-0.2, 0) is 6.54 Å². The number of aromatic nitrogens is 2.